The van der Waals surface area contributed by atoms with E-state index in [1.165, 1.54) is 0 Å². The second-order valence-electron chi connectivity index (χ2n) is 3.62. The van der Waals surface area contributed by atoms with Gasteiger partial charge in [-0.2, -0.15) is 5.10 Å². The maximum atomic E-state index is 5.37. The summed E-state index contributed by atoms with van der Waals surface area (Å²) in [7, 11) is 0. The zero-order valence-electron chi connectivity index (χ0n) is 8.36. The Morgan fingerprint density at radius 1 is 1.43 bits per heavy atom. The maximum absolute atomic E-state index is 5.37. The van der Waals surface area contributed by atoms with E-state index in [0.29, 0.717) is 6.04 Å². The molecule has 1 aromatic heterocycles. The van der Waals surface area contributed by atoms with Crippen LogP contribution in [0.1, 0.15) is 18.5 Å². The smallest absolute Gasteiger partial charge is 0.148 e. The molecular weight excluding hydrogens is 178 g/mol. The third-order valence-electron chi connectivity index (χ3n) is 2.31. The lowest BCUT2D eigenvalue weighted by Gasteiger charge is -2.23. The third-order valence-corrected chi connectivity index (χ3v) is 2.31. The standard InChI is InChI=1S/C10H15N3O/c1-8-4-5-10(13-12-8)11-9-3-2-6-14-7-9/h4-5,9H,2-3,6-7H2,1H3,(H,11,13). The molecule has 2 rings (SSSR count). The normalized spacial score (nSPS) is 21.9. The molecule has 0 spiro atoms. The van der Waals surface area contributed by atoms with Crippen molar-refractivity contribution < 1.29 is 4.74 Å². The number of ether oxygens (including phenoxy) is 1. The quantitative estimate of drug-likeness (QED) is 0.770. The molecule has 0 bridgehead atoms. The topological polar surface area (TPSA) is 47.0 Å². The number of aromatic nitrogens is 2. The Morgan fingerprint density at radius 3 is 3.00 bits per heavy atom. The number of hydrogen-bond acceptors (Lipinski definition) is 4. The highest BCUT2D eigenvalue weighted by Crippen LogP contribution is 2.11. The van der Waals surface area contributed by atoms with Gasteiger partial charge in [-0.05, 0) is 31.9 Å². The van der Waals surface area contributed by atoms with Crippen molar-refractivity contribution in [2.75, 3.05) is 18.5 Å². The Kier molecular flexibility index (Phi) is 2.93. The second kappa shape index (κ2) is 4.37. The van der Waals surface area contributed by atoms with Gasteiger partial charge in [0, 0.05) is 6.61 Å². The van der Waals surface area contributed by atoms with Crippen molar-refractivity contribution in [1.82, 2.24) is 10.2 Å². The van der Waals surface area contributed by atoms with Crippen molar-refractivity contribution in [3.63, 3.8) is 0 Å². The van der Waals surface area contributed by atoms with Crippen molar-refractivity contribution in [1.29, 1.82) is 0 Å². The molecule has 1 aromatic rings. The van der Waals surface area contributed by atoms with Crippen molar-refractivity contribution in [2.45, 2.75) is 25.8 Å². The van der Waals surface area contributed by atoms with Crippen LogP contribution in [-0.4, -0.2) is 29.5 Å². The lowest BCUT2D eigenvalue weighted by atomic mass is 10.1. The average molecular weight is 193 g/mol. The van der Waals surface area contributed by atoms with Gasteiger partial charge in [0.25, 0.3) is 0 Å². The van der Waals surface area contributed by atoms with Gasteiger partial charge in [0.2, 0.25) is 0 Å². The number of anilines is 1. The molecule has 1 fully saturated rings. The van der Waals surface area contributed by atoms with E-state index in [0.717, 1.165) is 37.6 Å². The molecule has 0 radical (unpaired) electrons. The summed E-state index contributed by atoms with van der Waals surface area (Å²) in [5, 5.41) is 11.4. The first kappa shape index (κ1) is 9.40. The first-order valence-corrected chi connectivity index (χ1v) is 4.99. The fourth-order valence-electron chi connectivity index (χ4n) is 1.54. The average Bonchev–Trinajstić information content (AvgIpc) is 2.23. The van der Waals surface area contributed by atoms with Crippen LogP contribution in [0.2, 0.25) is 0 Å². The molecular formula is C10H15N3O. The highest BCUT2D eigenvalue weighted by Gasteiger charge is 2.13. The number of rotatable bonds is 2. The highest BCUT2D eigenvalue weighted by molar-refractivity contribution is 5.34. The summed E-state index contributed by atoms with van der Waals surface area (Å²) in [5.74, 6) is 0.839. The van der Waals surface area contributed by atoms with Gasteiger partial charge in [-0.1, -0.05) is 0 Å². The van der Waals surface area contributed by atoms with Crippen LogP contribution in [0.4, 0.5) is 5.82 Å². The Bertz CT molecular complexity index is 280. The van der Waals surface area contributed by atoms with Crippen molar-refractivity contribution >= 4 is 5.82 Å². The predicted molar refractivity (Wildman–Crippen MR) is 54.2 cm³/mol. The van der Waals surface area contributed by atoms with Crippen LogP contribution in [0.15, 0.2) is 12.1 Å². The van der Waals surface area contributed by atoms with Crippen LogP contribution in [0, 0.1) is 6.92 Å². The van der Waals surface area contributed by atoms with Crippen molar-refractivity contribution in [3.05, 3.63) is 17.8 Å². The molecule has 2 heterocycles. The number of hydrogen-bond donors (Lipinski definition) is 1. The van der Waals surface area contributed by atoms with Gasteiger partial charge in [-0.15, -0.1) is 5.10 Å². The molecule has 1 unspecified atom stereocenters. The zero-order valence-corrected chi connectivity index (χ0v) is 8.36. The molecule has 1 saturated heterocycles. The largest absolute Gasteiger partial charge is 0.379 e. The van der Waals surface area contributed by atoms with Crippen molar-refractivity contribution in [2.24, 2.45) is 0 Å². The van der Waals surface area contributed by atoms with E-state index >= 15 is 0 Å². The van der Waals surface area contributed by atoms with Gasteiger partial charge in [0.1, 0.15) is 5.82 Å². The molecule has 0 aromatic carbocycles. The summed E-state index contributed by atoms with van der Waals surface area (Å²) in [6.07, 6.45) is 2.27. The first-order valence-electron chi connectivity index (χ1n) is 4.99. The van der Waals surface area contributed by atoms with Gasteiger partial charge >= 0.3 is 0 Å². The van der Waals surface area contributed by atoms with E-state index in [1.807, 2.05) is 19.1 Å². The molecule has 0 amide bonds. The first-order chi connectivity index (χ1) is 6.84. The highest BCUT2D eigenvalue weighted by atomic mass is 16.5. The van der Waals surface area contributed by atoms with Gasteiger partial charge in [0.15, 0.2) is 0 Å². The van der Waals surface area contributed by atoms with Crippen LogP contribution < -0.4 is 5.32 Å². The SMILES string of the molecule is Cc1ccc(NC2CCCOC2)nn1. The van der Waals surface area contributed by atoms with E-state index in [-0.39, 0.29) is 0 Å². The molecule has 1 N–H and O–H groups in total. The summed E-state index contributed by atoms with van der Waals surface area (Å²) in [6, 6.07) is 4.30. The van der Waals surface area contributed by atoms with Crippen LogP contribution in [0.25, 0.3) is 0 Å². The van der Waals surface area contributed by atoms with Crippen LogP contribution in [0.5, 0.6) is 0 Å². The van der Waals surface area contributed by atoms with E-state index in [4.69, 9.17) is 4.74 Å². The van der Waals surface area contributed by atoms with E-state index in [2.05, 4.69) is 15.5 Å². The summed E-state index contributed by atoms with van der Waals surface area (Å²) in [5.41, 5.74) is 0.940. The molecule has 0 saturated carbocycles. The Morgan fingerprint density at radius 2 is 2.36 bits per heavy atom. The minimum Gasteiger partial charge on any atom is -0.379 e. The number of nitrogens with one attached hydrogen (secondary N) is 1. The summed E-state index contributed by atoms with van der Waals surface area (Å²) in [6.45, 7) is 3.59. The molecule has 0 aliphatic carbocycles. The summed E-state index contributed by atoms with van der Waals surface area (Å²) < 4.78 is 5.37. The van der Waals surface area contributed by atoms with Crippen molar-refractivity contribution in [3.8, 4) is 0 Å². The maximum Gasteiger partial charge on any atom is 0.148 e. The molecule has 1 atom stereocenters. The Hall–Kier alpha value is -1.16. The lowest BCUT2D eigenvalue weighted by molar-refractivity contribution is 0.0875. The minimum absolute atomic E-state index is 0.390. The summed E-state index contributed by atoms with van der Waals surface area (Å²) >= 11 is 0. The van der Waals surface area contributed by atoms with E-state index < -0.39 is 0 Å². The van der Waals surface area contributed by atoms with Crippen LogP contribution in [-0.2, 0) is 4.74 Å². The van der Waals surface area contributed by atoms with Gasteiger partial charge < -0.3 is 10.1 Å². The third kappa shape index (κ3) is 2.42. The number of aryl methyl sites for hydroxylation is 1. The molecule has 4 nitrogen and oxygen atoms in total. The number of nitrogens with zero attached hydrogens (tertiary/aromatic N) is 2. The Labute approximate surface area is 83.7 Å². The van der Waals surface area contributed by atoms with Gasteiger partial charge in [0.05, 0.1) is 18.3 Å². The lowest BCUT2D eigenvalue weighted by Crippen LogP contribution is -2.30. The predicted octanol–water partition coefficient (Wildman–Crippen LogP) is 1.38. The van der Waals surface area contributed by atoms with E-state index in [1.54, 1.807) is 0 Å². The minimum atomic E-state index is 0.390. The van der Waals surface area contributed by atoms with Crippen LogP contribution >= 0.6 is 0 Å². The van der Waals surface area contributed by atoms with Gasteiger partial charge in [-0.25, -0.2) is 0 Å². The molecule has 1 aliphatic rings. The Balaban J connectivity index is 1.92. The molecule has 76 valence electrons. The van der Waals surface area contributed by atoms with Gasteiger partial charge in [-0.3, -0.25) is 0 Å². The fraction of sp³-hybridized carbons (Fsp3) is 0.600. The van der Waals surface area contributed by atoms with Crippen LogP contribution in [0.3, 0.4) is 0 Å². The molecule has 1 aliphatic heterocycles. The molecule has 14 heavy (non-hydrogen) atoms. The monoisotopic (exact) mass is 193 g/mol. The fourth-order valence-corrected chi connectivity index (χ4v) is 1.54. The zero-order chi connectivity index (χ0) is 9.80. The molecule has 4 heteroatoms. The van der Waals surface area contributed by atoms with E-state index in [9.17, 15) is 0 Å². The second-order valence-corrected chi connectivity index (χ2v) is 3.62. The summed E-state index contributed by atoms with van der Waals surface area (Å²) in [4.78, 5) is 0.